The van der Waals surface area contributed by atoms with E-state index in [9.17, 15) is 0 Å². The van der Waals surface area contributed by atoms with Crippen LogP contribution in [0.25, 0.3) is 0 Å². The van der Waals surface area contributed by atoms with E-state index < -0.39 is 0 Å². The van der Waals surface area contributed by atoms with Crippen molar-refractivity contribution >= 4 is 19.6 Å². The van der Waals surface area contributed by atoms with E-state index >= 15 is 0 Å². The number of hydrogen-bond donors (Lipinski definition) is 0. The SMILES string of the molecule is [CH2-]c1ccccc1.[CH2-]c1ccccc1.[S]=[Mo+2]=[S]. The molecule has 0 aliphatic carbocycles. The Morgan fingerprint density at radius 3 is 1.00 bits per heavy atom. The van der Waals surface area contributed by atoms with Gasteiger partial charge < -0.3 is 0 Å². The van der Waals surface area contributed by atoms with Crippen LogP contribution in [0, 0.1) is 13.8 Å². The van der Waals surface area contributed by atoms with Crippen LogP contribution in [0.3, 0.4) is 0 Å². The predicted octanol–water partition coefficient (Wildman–Crippen LogP) is 5.03. The minimum atomic E-state index is -0.363. The molecule has 0 N–H and O–H groups in total. The molecular weight excluding hydrogens is 328 g/mol. The van der Waals surface area contributed by atoms with Crippen molar-refractivity contribution < 1.29 is 14.9 Å². The maximum atomic E-state index is 4.34. The van der Waals surface area contributed by atoms with E-state index in [-0.39, 0.29) is 14.9 Å². The third-order valence-corrected chi connectivity index (χ3v) is 1.69. The molecule has 0 radical (unpaired) electrons. The number of rotatable bonds is 0. The van der Waals surface area contributed by atoms with Gasteiger partial charge in [-0.3, -0.25) is 0 Å². The Morgan fingerprint density at radius 1 is 0.647 bits per heavy atom. The number of benzene rings is 2. The van der Waals surface area contributed by atoms with Gasteiger partial charge in [-0.15, -0.1) is 24.3 Å². The third-order valence-electron chi connectivity index (χ3n) is 1.69. The van der Waals surface area contributed by atoms with Crippen LogP contribution in [0.2, 0.25) is 0 Å². The second-order valence-electron chi connectivity index (χ2n) is 3.04. The zero-order valence-corrected chi connectivity index (χ0v) is 13.1. The Labute approximate surface area is 120 Å². The molecule has 2 aromatic rings. The van der Waals surface area contributed by atoms with Crippen molar-refractivity contribution in [2.24, 2.45) is 0 Å². The standard InChI is InChI=1S/2C7H7.Mo.2S/c2*1-7-5-3-2-4-6-7;;;/h2*2-6H,1H2;;;/q2*-1;+2;;. The van der Waals surface area contributed by atoms with Gasteiger partial charge in [0.25, 0.3) is 0 Å². The minimum absolute atomic E-state index is 0.363. The van der Waals surface area contributed by atoms with Crippen molar-refractivity contribution in [3.63, 3.8) is 0 Å². The first kappa shape index (κ1) is 16.3. The van der Waals surface area contributed by atoms with Crippen molar-refractivity contribution in [3.8, 4) is 0 Å². The summed E-state index contributed by atoms with van der Waals surface area (Å²) in [7, 11) is 8.68. The van der Waals surface area contributed by atoms with Gasteiger partial charge in [-0.1, -0.05) is 12.1 Å². The van der Waals surface area contributed by atoms with Gasteiger partial charge in [-0.05, 0) is 0 Å². The van der Waals surface area contributed by atoms with Crippen LogP contribution in [0.4, 0.5) is 0 Å². The molecule has 3 heteroatoms. The van der Waals surface area contributed by atoms with E-state index in [1.54, 1.807) is 0 Å². The molecule has 0 spiro atoms. The van der Waals surface area contributed by atoms with Crippen LogP contribution in [-0.2, 0) is 14.9 Å². The molecule has 0 saturated heterocycles. The Balaban J connectivity index is 0.000000247. The Bertz CT molecular complexity index is 383. The van der Waals surface area contributed by atoms with E-state index in [4.69, 9.17) is 0 Å². The molecule has 0 saturated carbocycles. The van der Waals surface area contributed by atoms with Crippen molar-refractivity contribution in [1.29, 1.82) is 0 Å². The van der Waals surface area contributed by atoms with Crippen molar-refractivity contribution in [1.82, 2.24) is 0 Å². The molecule has 88 valence electrons. The maximum absolute atomic E-state index is 4.34. The van der Waals surface area contributed by atoms with Crippen LogP contribution in [0.5, 0.6) is 0 Å². The van der Waals surface area contributed by atoms with E-state index in [1.165, 1.54) is 0 Å². The molecule has 0 nitrogen and oxygen atoms in total. The van der Waals surface area contributed by atoms with Gasteiger partial charge in [0.05, 0.1) is 0 Å². The third kappa shape index (κ3) is 11.6. The van der Waals surface area contributed by atoms with Crippen LogP contribution in [0.15, 0.2) is 60.7 Å². The second kappa shape index (κ2) is 11.8. The van der Waals surface area contributed by atoms with Crippen LogP contribution in [0.1, 0.15) is 11.1 Å². The van der Waals surface area contributed by atoms with Crippen LogP contribution in [-0.4, -0.2) is 0 Å². The van der Waals surface area contributed by atoms with Crippen LogP contribution < -0.4 is 0 Å². The zero-order valence-electron chi connectivity index (χ0n) is 9.41. The Kier molecular flexibility index (Phi) is 11.3. The fraction of sp³-hybridized carbons (Fsp3) is 0. The first-order valence-corrected chi connectivity index (χ1v) is 10.4. The Hall–Kier alpha value is -0.692. The summed E-state index contributed by atoms with van der Waals surface area (Å²) < 4.78 is 0. The molecule has 0 amide bonds. The summed E-state index contributed by atoms with van der Waals surface area (Å²) in [6.07, 6.45) is 0. The molecule has 2 rings (SSSR count). The summed E-state index contributed by atoms with van der Waals surface area (Å²) in [5, 5.41) is 0. The van der Waals surface area contributed by atoms with Crippen LogP contribution >= 0.6 is 19.6 Å². The first-order chi connectivity index (χ1) is 8.20. The molecule has 17 heavy (non-hydrogen) atoms. The monoisotopic (exact) mass is 344 g/mol. The van der Waals surface area contributed by atoms with E-state index in [1.807, 2.05) is 60.7 Å². The number of hydrogen-bond acceptors (Lipinski definition) is 2. The fourth-order valence-electron chi connectivity index (χ4n) is 0.956. The van der Waals surface area contributed by atoms with Gasteiger partial charge in [-0.25, -0.2) is 0 Å². The molecule has 0 aliphatic rings. The summed E-state index contributed by atoms with van der Waals surface area (Å²) >= 11 is -0.363. The molecule has 0 atom stereocenters. The molecule has 2 aromatic carbocycles. The van der Waals surface area contributed by atoms with E-state index in [0.29, 0.717) is 0 Å². The summed E-state index contributed by atoms with van der Waals surface area (Å²) in [5.41, 5.74) is 2.14. The van der Waals surface area contributed by atoms with Gasteiger partial charge in [0.15, 0.2) is 0 Å². The molecule has 0 heterocycles. The quantitative estimate of drug-likeness (QED) is 0.486. The van der Waals surface area contributed by atoms with E-state index in [2.05, 4.69) is 33.5 Å². The predicted molar refractivity (Wildman–Crippen MR) is 77.0 cm³/mol. The average Bonchev–Trinajstić information content (AvgIpc) is 2.33. The Morgan fingerprint density at radius 2 is 0.882 bits per heavy atom. The van der Waals surface area contributed by atoms with Gasteiger partial charge >= 0.3 is 34.6 Å². The molecule has 0 aromatic heterocycles. The van der Waals surface area contributed by atoms with Gasteiger partial charge in [0, 0.05) is 0 Å². The molecule has 0 aliphatic heterocycles. The van der Waals surface area contributed by atoms with Crippen molar-refractivity contribution in [2.75, 3.05) is 0 Å². The topological polar surface area (TPSA) is 0 Å². The van der Waals surface area contributed by atoms with Gasteiger partial charge in [0.2, 0.25) is 0 Å². The summed E-state index contributed by atoms with van der Waals surface area (Å²) in [5.74, 6) is 0. The summed E-state index contributed by atoms with van der Waals surface area (Å²) in [4.78, 5) is 0. The van der Waals surface area contributed by atoms with E-state index in [0.717, 1.165) is 11.1 Å². The molecule has 0 unspecified atom stereocenters. The van der Waals surface area contributed by atoms with Crippen molar-refractivity contribution in [3.05, 3.63) is 85.6 Å². The van der Waals surface area contributed by atoms with Gasteiger partial charge in [0.1, 0.15) is 0 Å². The zero-order chi connectivity index (χ0) is 12.9. The summed E-state index contributed by atoms with van der Waals surface area (Å²) in [6, 6.07) is 19.7. The molecule has 0 bridgehead atoms. The fourth-order valence-corrected chi connectivity index (χ4v) is 0.956. The second-order valence-corrected chi connectivity index (χ2v) is 6.59. The molecule has 0 fully saturated rings. The first-order valence-electron chi connectivity index (χ1n) is 4.86. The van der Waals surface area contributed by atoms with Gasteiger partial charge in [-0.2, -0.15) is 49.2 Å². The molecular formula is C14H14MoS2. The normalized spacial score (nSPS) is 7.53. The van der Waals surface area contributed by atoms with Crippen molar-refractivity contribution in [2.45, 2.75) is 0 Å². The average molecular weight is 342 g/mol. The summed E-state index contributed by atoms with van der Waals surface area (Å²) in [6.45, 7) is 7.44.